The fourth-order valence-corrected chi connectivity index (χ4v) is 0.526. The third kappa shape index (κ3) is 1.23. The van der Waals surface area contributed by atoms with Gasteiger partial charge in [0.2, 0.25) is 6.29 Å². The first-order valence-electron chi connectivity index (χ1n) is 2.50. The van der Waals surface area contributed by atoms with Gasteiger partial charge in [-0.1, -0.05) is 0 Å². The Hall–Kier alpha value is -0.500. The second-order valence-corrected chi connectivity index (χ2v) is 1.48. The summed E-state index contributed by atoms with van der Waals surface area (Å²) in [5, 5.41) is 0. The van der Waals surface area contributed by atoms with Crippen LogP contribution in [0.2, 0.25) is 0 Å². The number of hydrogen-bond acceptors (Lipinski definition) is 2. The molecule has 0 fully saturated rings. The van der Waals surface area contributed by atoms with Crippen molar-refractivity contribution in [2.45, 2.75) is 12.7 Å². The van der Waals surface area contributed by atoms with E-state index in [2.05, 4.69) is 6.42 Å². The summed E-state index contributed by atoms with van der Waals surface area (Å²) in [5.41, 5.74) is 0. The van der Waals surface area contributed by atoms with Gasteiger partial charge in [0.15, 0.2) is 0 Å². The van der Waals surface area contributed by atoms with Crippen molar-refractivity contribution in [3.63, 3.8) is 0 Å². The Kier molecular flexibility index (Phi) is 1.92. The molecule has 1 rings (SSSR count). The smallest absolute Gasteiger partial charge is 0.206 e. The minimum Gasteiger partial charge on any atom is -0.472 e. The first-order valence-corrected chi connectivity index (χ1v) is 2.50. The summed E-state index contributed by atoms with van der Waals surface area (Å²) in [5.74, 6) is 0. The normalized spacial score (nSPS) is 27.4. The van der Waals surface area contributed by atoms with Crippen LogP contribution in [0.25, 0.3) is 0 Å². The van der Waals surface area contributed by atoms with Gasteiger partial charge in [-0.25, -0.2) is 0 Å². The molecular formula is C6H8O2. The van der Waals surface area contributed by atoms with E-state index in [1.165, 1.54) is 0 Å². The fraction of sp³-hybridized carbons (Fsp3) is 0.500. The van der Waals surface area contributed by atoms with Crippen molar-refractivity contribution >= 4 is 0 Å². The molecule has 0 saturated carbocycles. The van der Waals surface area contributed by atoms with Crippen LogP contribution in [0.1, 0.15) is 6.42 Å². The topological polar surface area (TPSA) is 18.5 Å². The number of rotatable bonds is 1. The van der Waals surface area contributed by atoms with E-state index < -0.39 is 0 Å². The molecule has 1 unspecified atom stereocenters. The van der Waals surface area contributed by atoms with Crippen molar-refractivity contribution in [2.75, 3.05) is 7.11 Å². The van der Waals surface area contributed by atoms with Crippen LogP contribution in [0, 0.1) is 6.42 Å². The molecule has 0 saturated heterocycles. The zero-order chi connectivity index (χ0) is 5.82. The summed E-state index contributed by atoms with van der Waals surface area (Å²) in [4.78, 5) is 0. The van der Waals surface area contributed by atoms with Gasteiger partial charge in [0, 0.05) is 7.11 Å². The lowest BCUT2D eigenvalue weighted by molar-refractivity contribution is -0.0634. The monoisotopic (exact) mass is 112 g/mol. The lowest BCUT2D eigenvalue weighted by atomic mass is 10.3. The lowest BCUT2D eigenvalue weighted by Gasteiger charge is -2.15. The Labute approximate surface area is 49.1 Å². The van der Waals surface area contributed by atoms with Crippen LogP contribution in [0.3, 0.4) is 0 Å². The summed E-state index contributed by atoms with van der Waals surface area (Å²) >= 11 is 0. The Morgan fingerprint density at radius 2 is 2.75 bits per heavy atom. The van der Waals surface area contributed by atoms with Crippen molar-refractivity contribution in [2.24, 2.45) is 0 Å². The average molecular weight is 112 g/mol. The molecule has 0 aromatic carbocycles. The van der Waals surface area contributed by atoms with E-state index in [1.807, 2.05) is 6.08 Å². The molecule has 1 atom stereocenters. The summed E-state index contributed by atoms with van der Waals surface area (Å²) in [6, 6.07) is 0. The summed E-state index contributed by atoms with van der Waals surface area (Å²) in [7, 11) is 1.59. The second-order valence-electron chi connectivity index (χ2n) is 1.48. The molecule has 0 aromatic heterocycles. The first-order chi connectivity index (χ1) is 3.93. The molecule has 0 aliphatic carbocycles. The number of allylic oxidation sites excluding steroid dienone is 1. The molecule has 8 heavy (non-hydrogen) atoms. The highest BCUT2D eigenvalue weighted by Gasteiger charge is 2.07. The maximum atomic E-state index is 4.91. The van der Waals surface area contributed by atoms with Crippen molar-refractivity contribution < 1.29 is 9.47 Å². The van der Waals surface area contributed by atoms with E-state index >= 15 is 0 Å². The van der Waals surface area contributed by atoms with Crippen LogP contribution < -0.4 is 0 Å². The molecule has 1 heterocycles. The maximum Gasteiger partial charge on any atom is 0.206 e. The van der Waals surface area contributed by atoms with Crippen molar-refractivity contribution in [3.05, 3.63) is 18.8 Å². The van der Waals surface area contributed by atoms with Crippen LogP contribution in [-0.4, -0.2) is 13.4 Å². The Balaban J connectivity index is 2.27. The van der Waals surface area contributed by atoms with E-state index in [-0.39, 0.29) is 6.29 Å². The van der Waals surface area contributed by atoms with E-state index in [4.69, 9.17) is 9.47 Å². The summed E-state index contributed by atoms with van der Waals surface area (Å²) < 4.78 is 9.72. The molecule has 1 aliphatic rings. The van der Waals surface area contributed by atoms with Gasteiger partial charge >= 0.3 is 0 Å². The highest BCUT2D eigenvalue weighted by molar-refractivity contribution is 4.89. The van der Waals surface area contributed by atoms with E-state index in [0.717, 1.165) is 6.42 Å². The van der Waals surface area contributed by atoms with Crippen molar-refractivity contribution in [1.82, 2.24) is 0 Å². The molecule has 2 heteroatoms. The van der Waals surface area contributed by atoms with Gasteiger partial charge in [-0.05, 0) is 12.5 Å². The highest BCUT2D eigenvalue weighted by atomic mass is 16.7. The van der Waals surface area contributed by atoms with Crippen LogP contribution in [0.4, 0.5) is 0 Å². The Bertz CT molecular complexity index is 88.5. The van der Waals surface area contributed by atoms with Crippen LogP contribution in [0.15, 0.2) is 12.3 Å². The van der Waals surface area contributed by atoms with Gasteiger partial charge in [-0.3, -0.25) is 0 Å². The zero-order valence-corrected chi connectivity index (χ0v) is 4.76. The predicted molar refractivity (Wildman–Crippen MR) is 28.9 cm³/mol. The molecular weight excluding hydrogens is 104 g/mol. The van der Waals surface area contributed by atoms with Gasteiger partial charge in [0.1, 0.15) is 0 Å². The second kappa shape index (κ2) is 2.72. The highest BCUT2D eigenvalue weighted by Crippen LogP contribution is 2.08. The maximum absolute atomic E-state index is 4.91. The van der Waals surface area contributed by atoms with Gasteiger partial charge in [-0.15, -0.1) is 0 Å². The molecule has 2 radical (unpaired) electrons. The third-order valence-electron chi connectivity index (χ3n) is 0.915. The molecule has 44 valence electrons. The fourth-order valence-electron chi connectivity index (χ4n) is 0.526. The molecule has 0 spiro atoms. The quantitative estimate of drug-likeness (QED) is 0.503. The first kappa shape index (κ1) is 5.63. The minimum atomic E-state index is -0.250. The van der Waals surface area contributed by atoms with E-state index in [9.17, 15) is 0 Å². The van der Waals surface area contributed by atoms with Gasteiger partial charge in [0.05, 0.1) is 12.7 Å². The largest absolute Gasteiger partial charge is 0.472 e. The number of ether oxygens (including phenoxy) is 2. The minimum absolute atomic E-state index is 0.250. The van der Waals surface area contributed by atoms with Gasteiger partial charge < -0.3 is 9.47 Å². The van der Waals surface area contributed by atoms with Crippen molar-refractivity contribution in [1.29, 1.82) is 0 Å². The molecule has 0 bridgehead atoms. The molecule has 0 aromatic rings. The zero-order valence-electron chi connectivity index (χ0n) is 4.76. The number of methoxy groups -OCH3 is 1. The predicted octanol–water partition coefficient (Wildman–Crippen LogP) is 0.974. The molecule has 0 amide bonds. The number of hydrogen-bond donors (Lipinski definition) is 0. The molecule has 0 N–H and O–H groups in total. The molecule has 2 nitrogen and oxygen atoms in total. The standard InChI is InChI=1S/C6H8O2/c1-7-6-4-2-3-5-8-6/h3,5-6H,2H2,1H3. The third-order valence-corrected chi connectivity index (χ3v) is 0.915. The summed E-state index contributed by atoms with van der Waals surface area (Å²) in [6.07, 6.45) is 7.02. The Morgan fingerprint density at radius 3 is 3.12 bits per heavy atom. The lowest BCUT2D eigenvalue weighted by Crippen LogP contribution is -2.14. The van der Waals surface area contributed by atoms with Gasteiger partial charge in [-0.2, -0.15) is 0 Å². The van der Waals surface area contributed by atoms with E-state index in [0.29, 0.717) is 0 Å². The van der Waals surface area contributed by atoms with Crippen LogP contribution >= 0.6 is 0 Å². The van der Waals surface area contributed by atoms with E-state index in [1.54, 1.807) is 13.4 Å². The molecule has 1 aliphatic heterocycles. The van der Waals surface area contributed by atoms with Crippen LogP contribution in [-0.2, 0) is 9.47 Å². The van der Waals surface area contributed by atoms with Crippen LogP contribution in [0.5, 0.6) is 0 Å². The average Bonchev–Trinajstić information content (AvgIpc) is 1.90. The van der Waals surface area contributed by atoms with Crippen molar-refractivity contribution in [3.8, 4) is 0 Å². The Morgan fingerprint density at radius 1 is 1.88 bits per heavy atom. The SMILES string of the molecule is COC1[C]CC=CO1. The summed E-state index contributed by atoms with van der Waals surface area (Å²) in [6.45, 7) is 0. The van der Waals surface area contributed by atoms with Gasteiger partial charge in [0.25, 0.3) is 0 Å².